The van der Waals surface area contributed by atoms with Crippen LogP contribution in [0.2, 0.25) is 0 Å². The van der Waals surface area contributed by atoms with Gasteiger partial charge in [-0.3, -0.25) is 4.79 Å². The van der Waals surface area contributed by atoms with E-state index in [9.17, 15) is 9.90 Å². The zero-order valence-electron chi connectivity index (χ0n) is 15.2. The first-order valence-electron chi connectivity index (χ1n) is 9.47. The average Bonchev–Trinajstić information content (AvgIpc) is 3.12. The molecular weight excluding hydrogens is 352 g/mol. The van der Waals surface area contributed by atoms with Crippen LogP contribution in [0.25, 0.3) is 0 Å². The maximum atomic E-state index is 12.3. The number of benzene rings is 1. The molecule has 0 unspecified atom stereocenters. The highest BCUT2D eigenvalue weighted by Crippen LogP contribution is 2.32. The van der Waals surface area contributed by atoms with E-state index < -0.39 is 6.10 Å². The molecule has 2 fully saturated rings. The van der Waals surface area contributed by atoms with Gasteiger partial charge in [-0.15, -0.1) is 0 Å². The lowest BCUT2D eigenvalue weighted by Crippen LogP contribution is -2.53. The van der Waals surface area contributed by atoms with Crippen LogP contribution in [0.3, 0.4) is 0 Å². The number of amides is 1. The summed E-state index contributed by atoms with van der Waals surface area (Å²) < 4.78 is 22.2. The molecule has 0 spiro atoms. The third-order valence-corrected chi connectivity index (χ3v) is 5.16. The van der Waals surface area contributed by atoms with Gasteiger partial charge in [0, 0.05) is 19.1 Å². The molecule has 3 aliphatic rings. The summed E-state index contributed by atoms with van der Waals surface area (Å²) in [5.74, 6) is 1.41. The zero-order valence-corrected chi connectivity index (χ0v) is 15.2. The molecule has 1 aromatic carbocycles. The second-order valence-electron chi connectivity index (χ2n) is 7.25. The quantitative estimate of drug-likeness (QED) is 0.694. The van der Waals surface area contributed by atoms with Crippen molar-refractivity contribution in [1.82, 2.24) is 10.6 Å². The minimum atomic E-state index is -0.481. The van der Waals surface area contributed by atoms with E-state index in [0.29, 0.717) is 38.5 Å². The number of carbonyl (C=O) groups is 1. The number of hydrogen-bond acceptors (Lipinski definition) is 7. The van der Waals surface area contributed by atoms with Crippen molar-refractivity contribution in [2.24, 2.45) is 0 Å². The molecule has 3 aliphatic heterocycles. The van der Waals surface area contributed by atoms with Crippen LogP contribution >= 0.6 is 0 Å². The van der Waals surface area contributed by atoms with Gasteiger partial charge >= 0.3 is 0 Å². The monoisotopic (exact) mass is 378 g/mol. The van der Waals surface area contributed by atoms with E-state index in [2.05, 4.69) is 10.6 Å². The molecule has 148 valence electrons. The number of ether oxygens (including phenoxy) is 4. The molecule has 0 saturated carbocycles. The molecule has 1 amide bonds. The maximum absolute atomic E-state index is 12.3. The lowest BCUT2D eigenvalue weighted by atomic mass is 9.96. The van der Waals surface area contributed by atoms with Crippen molar-refractivity contribution < 1.29 is 28.8 Å². The fourth-order valence-electron chi connectivity index (χ4n) is 3.70. The van der Waals surface area contributed by atoms with E-state index in [0.717, 1.165) is 24.2 Å². The topological polar surface area (TPSA) is 98.3 Å². The second-order valence-corrected chi connectivity index (χ2v) is 7.25. The molecule has 0 radical (unpaired) electrons. The Morgan fingerprint density at radius 2 is 2.11 bits per heavy atom. The Balaban J connectivity index is 1.24. The van der Waals surface area contributed by atoms with Crippen LogP contribution in [0.1, 0.15) is 24.8 Å². The van der Waals surface area contributed by atoms with Crippen LogP contribution in [0.4, 0.5) is 0 Å². The van der Waals surface area contributed by atoms with Crippen molar-refractivity contribution >= 4 is 5.91 Å². The fraction of sp³-hybridized carbons (Fsp3) is 0.632. The zero-order chi connectivity index (χ0) is 18.6. The molecule has 27 heavy (non-hydrogen) atoms. The van der Waals surface area contributed by atoms with Crippen LogP contribution in [-0.2, 0) is 20.8 Å². The Kier molecular flexibility index (Phi) is 5.77. The summed E-state index contributed by atoms with van der Waals surface area (Å²) in [6.45, 7) is 1.93. The summed E-state index contributed by atoms with van der Waals surface area (Å²) in [4.78, 5) is 12.3. The molecular formula is C19H26N2O6. The van der Waals surface area contributed by atoms with Gasteiger partial charge in [0.25, 0.3) is 0 Å². The summed E-state index contributed by atoms with van der Waals surface area (Å²) >= 11 is 0. The summed E-state index contributed by atoms with van der Waals surface area (Å²) in [5.41, 5.74) is 0.966. The number of fused-ring (bicyclic) bond motifs is 2. The molecule has 0 aromatic heterocycles. The van der Waals surface area contributed by atoms with Crippen molar-refractivity contribution in [2.45, 2.75) is 50.2 Å². The number of aliphatic hydroxyl groups is 1. The number of hydrogen-bond donors (Lipinski definition) is 3. The largest absolute Gasteiger partial charge is 0.454 e. The number of β-amino-alcohol motifs (C(OH)–C–C–N with tert-alkyl or cyclic N) is 1. The summed E-state index contributed by atoms with van der Waals surface area (Å²) in [6.07, 6.45) is 1.36. The average molecular weight is 378 g/mol. The van der Waals surface area contributed by atoms with Crippen LogP contribution in [0.15, 0.2) is 18.2 Å². The minimum absolute atomic E-state index is 0.0359. The summed E-state index contributed by atoms with van der Waals surface area (Å²) in [7, 11) is 0. The van der Waals surface area contributed by atoms with E-state index in [1.807, 2.05) is 18.2 Å². The SMILES string of the molecule is O=C(C[C@H]1CC[C@H]2NC[C@@H](O)COC[C@@H]2O1)NCc1ccc2c(c1)OCO2. The highest BCUT2D eigenvalue weighted by molar-refractivity contribution is 5.76. The number of rotatable bonds is 4. The molecule has 4 rings (SSSR count). The van der Waals surface area contributed by atoms with Crippen molar-refractivity contribution in [2.75, 3.05) is 26.6 Å². The van der Waals surface area contributed by atoms with E-state index in [1.54, 1.807) is 0 Å². The standard InChI is InChI=1S/C19H26N2O6/c22-13-8-20-15-3-2-14(27-18(15)10-24-9-13)6-19(23)21-7-12-1-4-16-17(5-12)26-11-25-16/h1,4-5,13-15,18,20,22H,2-3,6-11H2,(H,21,23)/t13-,14-,15-,18+/m1/s1. The highest BCUT2D eigenvalue weighted by Gasteiger charge is 2.33. The molecule has 0 bridgehead atoms. The third-order valence-electron chi connectivity index (χ3n) is 5.16. The van der Waals surface area contributed by atoms with Gasteiger partial charge in [-0.25, -0.2) is 0 Å². The van der Waals surface area contributed by atoms with Gasteiger partial charge in [0.05, 0.1) is 37.9 Å². The van der Waals surface area contributed by atoms with Gasteiger partial charge in [-0.1, -0.05) is 6.07 Å². The first-order chi connectivity index (χ1) is 13.2. The predicted octanol–water partition coefficient (Wildman–Crippen LogP) is 0.319. The molecule has 3 N–H and O–H groups in total. The Morgan fingerprint density at radius 3 is 3.04 bits per heavy atom. The number of nitrogens with one attached hydrogen (secondary N) is 2. The van der Waals surface area contributed by atoms with Crippen LogP contribution < -0.4 is 20.1 Å². The molecule has 2 saturated heterocycles. The van der Waals surface area contributed by atoms with E-state index >= 15 is 0 Å². The first-order valence-corrected chi connectivity index (χ1v) is 9.47. The number of carbonyl (C=O) groups excluding carboxylic acids is 1. The predicted molar refractivity (Wildman–Crippen MR) is 95.5 cm³/mol. The summed E-state index contributed by atoms with van der Waals surface area (Å²) in [6, 6.07) is 5.82. The van der Waals surface area contributed by atoms with Crippen LogP contribution in [-0.4, -0.2) is 61.9 Å². The van der Waals surface area contributed by atoms with Gasteiger partial charge in [-0.2, -0.15) is 0 Å². The van der Waals surface area contributed by atoms with Crippen molar-refractivity contribution in [1.29, 1.82) is 0 Å². The molecule has 8 heteroatoms. The van der Waals surface area contributed by atoms with Gasteiger partial charge in [0.2, 0.25) is 12.7 Å². The molecule has 3 heterocycles. The summed E-state index contributed by atoms with van der Waals surface area (Å²) in [5, 5.41) is 16.0. The van der Waals surface area contributed by atoms with Gasteiger partial charge in [0.1, 0.15) is 0 Å². The third kappa shape index (κ3) is 4.70. The Morgan fingerprint density at radius 1 is 1.22 bits per heavy atom. The highest BCUT2D eigenvalue weighted by atomic mass is 16.7. The van der Waals surface area contributed by atoms with E-state index in [1.165, 1.54) is 0 Å². The maximum Gasteiger partial charge on any atom is 0.231 e. The van der Waals surface area contributed by atoms with E-state index in [4.69, 9.17) is 18.9 Å². The first kappa shape index (κ1) is 18.5. The normalized spacial score (nSPS) is 30.1. The smallest absolute Gasteiger partial charge is 0.231 e. The number of aliphatic hydroxyl groups excluding tert-OH is 1. The lowest BCUT2D eigenvalue weighted by molar-refractivity contribution is -0.137. The van der Waals surface area contributed by atoms with E-state index in [-0.39, 0.29) is 30.9 Å². The van der Waals surface area contributed by atoms with Gasteiger partial charge < -0.3 is 34.7 Å². The fourth-order valence-corrected chi connectivity index (χ4v) is 3.70. The van der Waals surface area contributed by atoms with Gasteiger partial charge in [0.15, 0.2) is 11.5 Å². The Bertz CT molecular complexity index is 670. The second kappa shape index (κ2) is 8.43. The van der Waals surface area contributed by atoms with Crippen molar-refractivity contribution in [3.05, 3.63) is 23.8 Å². The van der Waals surface area contributed by atoms with Crippen LogP contribution in [0, 0.1) is 0 Å². The van der Waals surface area contributed by atoms with Crippen molar-refractivity contribution in [3.8, 4) is 11.5 Å². The van der Waals surface area contributed by atoms with Crippen LogP contribution in [0.5, 0.6) is 11.5 Å². The molecule has 0 aliphatic carbocycles. The molecule has 4 atom stereocenters. The molecule has 8 nitrogen and oxygen atoms in total. The minimum Gasteiger partial charge on any atom is -0.454 e. The van der Waals surface area contributed by atoms with Gasteiger partial charge in [-0.05, 0) is 30.5 Å². The Hall–Kier alpha value is -1.87. The Labute approximate surface area is 158 Å². The molecule has 1 aromatic rings. The van der Waals surface area contributed by atoms with Crippen molar-refractivity contribution in [3.63, 3.8) is 0 Å². The lowest BCUT2D eigenvalue weighted by Gasteiger charge is -2.38.